The van der Waals surface area contributed by atoms with Crippen LogP contribution < -0.4 is 0 Å². The van der Waals surface area contributed by atoms with Gasteiger partial charge >= 0.3 is 0 Å². The molecular formula is C8H18Cl2OSi. The third-order valence-electron chi connectivity index (χ3n) is 1.49. The second-order valence-electron chi connectivity index (χ2n) is 4.07. The molecule has 0 N–H and O–H groups in total. The molecule has 0 bridgehead atoms. The molecule has 0 aromatic carbocycles. The van der Waals surface area contributed by atoms with Gasteiger partial charge in [0.15, 0.2) is 0 Å². The second-order valence-corrected chi connectivity index (χ2v) is 10.6. The zero-order valence-electron chi connectivity index (χ0n) is 8.07. The Labute approximate surface area is 86.4 Å². The summed E-state index contributed by atoms with van der Waals surface area (Å²) in [7, 11) is -0.964. The lowest BCUT2D eigenvalue weighted by Gasteiger charge is -2.17. The Bertz CT molecular complexity index is 114. The van der Waals surface area contributed by atoms with Crippen LogP contribution in [-0.2, 0) is 4.74 Å². The van der Waals surface area contributed by atoms with Crippen LogP contribution in [0.1, 0.15) is 6.42 Å². The van der Waals surface area contributed by atoms with Gasteiger partial charge in [0.1, 0.15) is 5.56 Å². The second kappa shape index (κ2) is 6.25. The minimum atomic E-state index is -0.964. The van der Waals surface area contributed by atoms with Gasteiger partial charge < -0.3 is 4.74 Å². The Morgan fingerprint density at radius 1 is 1.33 bits per heavy atom. The highest BCUT2D eigenvalue weighted by atomic mass is 35.5. The minimum absolute atomic E-state index is 0.196. The summed E-state index contributed by atoms with van der Waals surface area (Å²) in [4.78, 5) is 0. The van der Waals surface area contributed by atoms with Gasteiger partial charge in [-0.05, 0) is 6.04 Å². The Hall–Kier alpha value is 0.757. The Balaban J connectivity index is 3.31. The normalized spacial score (nSPS) is 14.8. The molecule has 0 spiro atoms. The molecule has 0 aliphatic heterocycles. The fraction of sp³-hybridized carbons (Fsp3) is 1.00. The van der Waals surface area contributed by atoms with Gasteiger partial charge in [0.05, 0.1) is 0 Å². The molecule has 1 atom stereocenters. The lowest BCUT2D eigenvalue weighted by Crippen LogP contribution is -2.22. The summed E-state index contributed by atoms with van der Waals surface area (Å²) in [5, 5.41) is 0. The number of hydrogen-bond donors (Lipinski definition) is 0. The lowest BCUT2D eigenvalue weighted by molar-refractivity contribution is 0.117. The summed E-state index contributed by atoms with van der Waals surface area (Å²) >= 11 is 11.3. The molecule has 0 rings (SSSR count). The first-order valence-electron chi connectivity index (χ1n) is 4.27. The highest BCUT2D eigenvalue weighted by Gasteiger charge is 2.13. The highest BCUT2D eigenvalue weighted by Crippen LogP contribution is 2.11. The fourth-order valence-corrected chi connectivity index (χ4v) is 1.90. The van der Waals surface area contributed by atoms with Crippen molar-refractivity contribution in [2.75, 3.05) is 12.5 Å². The predicted octanol–water partition coefficient (Wildman–Crippen LogP) is 3.54. The first-order chi connectivity index (χ1) is 5.45. The zero-order valence-corrected chi connectivity index (χ0v) is 10.6. The third-order valence-corrected chi connectivity index (χ3v) is 3.75. The van der Waals surface area contributed by atoms with E-state index in [4.69, 9.17) is 27.9 Å². The highest BCUT2D eigenvalue weighted by molar-refractivity contribution is 6.76. The van der Waals surface area contributed by atoms with Gasteiger partial charge in [-0.3, -0.25) is 0 Å². The SMILES string of the molecule is C[Si](C)(C)CCOC(Cl)CCCl. The summed E-state index contributed by atoms with van der Waals surface area (Å²) in [6, 6.07) is 1.17. The predicted molar refractivity (Wildman–Crippen MR) is 59.1 cm³/mol. The van der Waals surface area contributed by atoms with Crippen LogP contribution in [0.4, 0.5) is 0 Å². The van der Waals surface area contributed by atoms with Crippen molar-refractivity contribution in [1.82, 2.24) is 0 Å². The van der Waals surface area contributed by atoms with E-state index in [-0.39, 0.29) is 5.56 Å². The van der Waals surface area contributed by atoms with Crippen LogP contribution in [0.5, 0.6) is 0 Å². The maximum atomic E-state index is 5.82. The summed E-state index contributed by atoms with van der Waals surface area (Å²) in [5.41, 5.74) is -0.196. The van der Waals surface area contributed by atoms with E-state index in [1.54, 1.807) is 0 Å². The maximum Gasteiger partial charge on any atom is 0.132 e. The first kappa shape index (κ1) is 12.8. The van der Waals surface area contributed by atoms with E-state index in [2.05, 4.69) is 19.6 Å². The van der Waals surface area contributed by atoms with Gasteiger partial charge in [-0.1, -0.05) is 31.2 Å². The summed E-state index contributed by atoms with van der Waals surface area (Å²) in [6.45, 7) is 7.74. The van der Waals surface area contributed by atoms with Gasteiger partial charge in [0.25, 0.3) is 0 Å². The van der Waals surface area contributed by atoms with Crippen molar-refractivity contribution in [3.05, 3.63) is 0 Å². The van der Waals surface area contributed by atoms with Gasteiger partial charge in [0.2, 0.25) is 0 Å². The number of halogens is 2. The minimum Gasteiger partial charge on any atom is -0.363 e. The Morgan fingerprint density at radius 2 is 1.92 bits per heavy atom. The summed E-state index contributed by atoms with van der Waals surface area (Å²) in [5.74, 6) is 0.571. The molecule has 0 aliphatic rings. The van der Waals surface area contributed by atoms with Crippen LogP contribution in [-0.4, -0.2) is 26.1 Å². The lowest BCUT2D eigenvalue weighted by atomic mass is 10.5. The summed E-state index contributed by atoms with van der Waals surface area (Å²) in [6.07, 6.45) is 0.731. The topological polar surface area (TPSA) is 9.23 Å². The Morgan fingerprint density at radius 3 is 2.33 bits per heavy atom. The molecule has 0 fully saturated rings. The van der Waals surface area contributed by atoms with E-state index in [0.717, 1.165) is 13.0 Å². The van der Waals surface area contributed by atoms with Crippen molar-refractivity contribution in [2.24, 2.45) is 0 Å². The number of rotatable bonds is 6. The molecule has 0 aromatic heterocycles. The smallest absolute Gasteiger partial charge is 0.132 e. The van der Waals surface area contributed by atoms with Gasteiger partial charge in [-0.25, -0.2) is 0 Å². The molecule has 12 heavy (non-hydrogen) atoms. The average Bonchev–Trinajstić information content (AvgIpc) is 1.84. The number of hydrogen-bond acceptors (Lipinski definition) is 1. The quantitative estimate of drug-likeness (QED) is 0.500. The average molecular weight is 229 g/mol. The van der Waals surface area contributed by atoms with Crippen molar-refractivity contribution >= 4 is 31.3 Å². The zero-order chi connectivity index (χ0) is 9.61. The molecule has 1 nitrogen and oxygen atoms in total. The van der Waals surface area contributed by atoms with Crippen LogP contribution in [0.25, 0.3) is 0 Å². The van der Waals surface area contributed by atoms with Crippen LogP contribution in [0.3, 0.4) is 0 Å². The van der Waals surface area contributed by atoms with Crippen molar-refractivity contribution in [2.45, 2.75) is 37.7 Å². The van der Waals surface area contributed by atoms with Crippen molar-refractivity contribution in [3.8, 4) is 0 Å². The fourth-order valence-electron chi connectivity index (χ4n) is 0.662. The molecular weight excluding hydrogens is 211 g/mol. The van der Waals surface area contributed by atoms with Crippen molar-refractivity contribution in [3.63, 3.8) is 0 Å². The van der Waals surface area contributed by atoms with Crippen molar-refractivity contribution < 1.29 is 4.74 Å². The van der Waals surface area contributed by atoms with Crippen LogP contribution in [0.2, 0.25) is 25.7 Å². The molecule has 0 aliphatic carbocycles. The van der Waals surface area contributed by atoms with Gasteiger partial charge in [-0.2, -0.15) is 0 Å². The molecule has 0 aromatic rings. The van der Waals surface area contributed by atoms with Gasteiger partial charge in [0, 0.05) is 27.0 Å². The molecule has 0 saturated heterocycles. The molecule has 74 valence electrons. The van der Waals surface area contributed by atoms with E-state index < -0.39 is 8.07 Å². The monoisotopic (exact) mass is 228 g/mol. The van der Waals surface area contributed by atoms with Gasteiger partial charge in [-0.15, -0.1) is 11.6 Å². The number of ether oxygens (including phenoxy) is 1. The van der Waals surface area contributed by atoms with E-state index in [0.29, 0.717) is 5.88 Å². The van der Waals surface area contributed by atoms with Crippen LogP contribution >= 0.6 is 23.2 Å². The molecule has 1 unspecified atom stereocenters. The third kappa shape index (κ3) is 8.85. The first-order valence-corrected chi connectivity index (χ1v) is 8.95. The number of alkyl halides is 2. The summed E-state index contributed by atoms with van der Waals surface area (Å²) < 4.78 is 5.37. The largest absolute Gasteiger partial charge is 0.363 e. The van der Waals surface area contributed by atoms with Crippen LogP contribution in [0, 0.1) is 0 Å². The molecule has 4 heteroatoms. The standard InChI is InChI=1S/C8H18Cl2OSi/c1-12(2,3)7-6-11-8(10)4-5-9/h8H,4-7H2,1-3H3. The maximum absolute atomic E-state index is 5.82. The molecule has 0 saturated carbocycles. The van der Waals surface area contributed by atoms with Crippen LogP contribution in [0.15, 0.2) is 0 Å². The van der Waals surface area contributed by atoms with E-state index in [1.807, 2.05) is 0 Å². The molecule has 0 radical (unpaired) electrons. The van der Waals surface area contributed by atoms with E-state index in [9.17, 15) is 0 Å². The Kier molecular flexibility index (Phi) is 6.64. The molecule has 0 amide bonds. The molecule has 0 heterocycles. The van der Waals surface area contributed by atoms with Crippen molar-refractivity contribution in [1.29, 1.82) is 0 Å². The van der Waals surface area contributed by atoms with E-state index >= 15 is 0 Å². The van der Waals surface area contributed by atoms with E-state index in [1.165, 1.54) is 6.04 Å².